The summed E-state index contributed by atoms with van der Waals surface area (Å²) in [6.45, 7) is 4.84. The zero-order valence-corrected chi connectivity index (χ0v) is 16.2. The number of rotatable bonds is 5. The molecular weight excluding hydrogens is 358 g/mol. The molecule has 1 aromatic heterocycles. The van der Waals surface area contributed by atoms with Crippen LogP contribution in [0.5, 0.6) is 0 Å². The third-order valence-electron chi connectivity index (χ3n) is 5.31. The lowest BCUT2D eigenvalue weighted by Gasteiger charge is -2.33. The molecule has 1 aliphatic rings. The van der Waals surface area contributed by atoms with Crippen molar-refractivity contribution in [2.24, 2.45) is 0 Å². The summed E-state index contributed by atoms with van der Waals surface area (Å²) >= 11 is 0. The van der Waals surface area contributed by atoms with Crippen LogP contribution in [0.3, 0.4) is 0 Å². The fourth-order valence-corrected chi connectivity index (χ4v) is 3.71. The average molecular weight is 383 g/mol. The van der Waals surface area contributed by atoms with Crippen LogP contribution in [-0.2, 0) is 17.6 Å². The molecule has 1 aliphatic heterocycles. The number of carboxylic acids is 1. The van der Waals surface area contributed by atoms with Gasteiger partial charge in [0.15, 0.2) is 0 Å². The van der Waals surface area contributed by atoms with Crippen molar-refractivity contribution in [3.8, 4) is 0 Å². The number of hydrogen-bond acceptors (Lipinski definition) is 4. The lowest BCUT2D eigenvalue weighted by atomic mass is 9.89. The molecule has 0 bridgehead atoms. The van der Waals surface area contributed by atoms with Gasteiger partial charge >= 0.3 is 5.97 Å². The number of carboxylic acid groups (broad SMARTS) is 1. The van der Waals surface area contributed by atoms with Crippen LogP contribution in [0.1, 0.15) is 58.7 Å². The van der Waals surface area contributed by atoms with E-state index in [0.717, 1.165) is 18.4 Å². The van der Waals surface area contributed by atoms with Crippen LogP contribution >= 0.6 is 0 Å². The number of hydrogen-bond donors (Lipinski definition) is 2. The van der Waals surface area contributed by atoms with Crippen molar-refractivity contribution in [3.05, 3.63) is 62.8 Å². The van der Waals surface area contributed by atoms with Crippen LogP contribution in [-0.4, -0.2) is 44.9 Å². The van der Waals surface area contributed by atoms with Crippen molar-refractivity contribution in [3.63, 3.8) is 0 Å². The van der Waals surface area contributed by atoms with Crippen molar-refractivity contribution in [1.82, 2.24) is 14.9 Å². The number of aryl methyl sites for hydroxylation is 2. The summed E-state index contributed by atoms with van der Waals surface area (Å²) in [6, 6.07) is 6.90. The lowest BCUT2D eigenvalue weighted by molar-refractivity contribution is -0.131. The van der Waals surface area contributed by atoms with Gasteiger partial charge in [-0.1, -0.05) is 19.1 Å². The van der Waals surface area contributed by atoms with Gasteiger partial charge in [-0.3, -0.25) is 9.59 Å². The van der Waals surface area contributed by atoms with Gasteiger partial charge in [0.05, 0.1) is 12.0 Å². The molecule has 1 aromatic carbocycles. The molecule has 0 saturated carbocycles. The van der Waals surface area contributed by atoms with Gasteiger partial charge in [-0.15, -0.1) is 0 Å². The van der Waals surface area contributed by atoms with Crippen molar-refractivity contribution in [2.75, 3.05) is 13.1 Å². The Bertz CT molecular complexity index is 951. The fourth-order valence-electron chi connectivity index (χ4n) is 3.71. The van der Waals surface area contributed by atoms with E-state index < -0.39 is 5.97 Å². The largest absolute Gasteiger partial charge is 0.478 e. The van der Waals surface area contributed by atoms with Crippen LogP contribution in [0.25, 0.3) is 0 Å². The van der Waals surface area contributed by atoms with E-state index in [4.69, 9.17) is 0 Å². The summed E-state index contributed by atoms with van der Waals surface area (Å²) in [5.41, 5.74) is 1.94. The van der Waals surface area contributed by atoms with Gasteiger partial charge in [0.25, 0.3) is 5.56 Å². The first-order valence-corrected chi connectivity index (χ1v) is 9.58. The number of carbonyl (C=O) groups excluding carboxylic acids is 1. The monoisotopic (exact) mass is 383 g/mol. The van der Waals surface area contributed by atoms with E-state index in [2.05, 4.69) is 9.97 Å². The van der Waals surface area contributed by atoms with E-state index in [1.54, 1.807) is 30.0 Å². The molecule has 28 heavy (non-hydrogen) atoms. The highest BCUT2D eigenvalue weighted by atomic mass is 16.4. The molecule has 0 aliphatic carbocycles. The first-order chi connectivity index (χ1) is 13.4. The maximum absolute atomic E-state index is 12.8. The van der Waals surface area contributed by atoms with E-state index in [-0.39, 0.29) is 29.4 Å². The number of H-pyrrole nitrogens is 1. The maximum atomic E-state index is 12.8. The molecule has 1 saturated heterocycles. The second-order valence-electron chi connectivity index (χ2n) is 7.22. The Morgan fingerprint density at radius 2 is 2.14 bits per heavy atom. The van der Waals surface area contributed by atoms with Crippen LogP contribution in [0, 0.1) is 6.92 Å². The van der Waals surface area contributed by atoms with Gasteiger partial charge in [-0.2, -0.15) is 0 Å². The molecule has 0 spiro atoms. The number of aromatic carboxylic acids is 1. The molecule has 7 nitrogen and oxygen atoms in total. The number of likely N-dealkylation sites (tertiary alicyclic amines) is 1. The van der Waals surface area contributed by atoms with Crippen LogP contribution < -0.4 is 5.56 Å². The predicted octanol–water partition coefficient (Wildman–Crippen LogP) is 2.29. The Morgan fingerprint density at radius 1 is 1.36 bits per heavy atom. The summed E-state index contributed by atoms with van der Waals surface area (Å²) < 4.78 is 0. The highest BCUT2D eigenvalue weighted by Crippen LogP contribution is 2.28. The second kappa shape index (κ2) is 8.37. The number of nitrogens with zero attached hydrogens (tertiary/aromatic N) is 2. The maximum Gasteiger partial charge on any atom is 0.335 e. The Labute approximate surface area is 163 Å². The second-order valence-corrected chi connectivity index (χ2v) is 7.22. The Balaban J connectivity index is 1.74. The molecule has 0 radical (unpaired) electrons. The first-order valence-electron chi connectivity index (χ1n) is 9.58. The molecule has 7 heteroatoms. The zero-order valence-electron chi connectivity index (χ0n) is 16.2. The molecular formula is C21H25N3O4. The summed E-state index contributed by atoms with van der Waals surface area (Å²) in [7, 11) is 0. The van der Waals surface area contributed by atoms with Crippen molar-refractivity contribution >= 4 is 11.9 Å². The van der Waals surface area contributed by atoms with E-state index in [0.29, 0.717) is 36.6 Å². The van der Waals surface area contributed by atoms with Gasteiger partial charge in [-0.25, -0.2) is 9.78 Å². The molecule has 2 aromatic rings. The Kier molecular flexibility index (Phi) is 5.92. The first kappa shape index (κ1) is 19.8. The smallest absolute Gasteiger partial charge is 0.335 e. The summed E-state index contributed by atoms with van der Waals surface area (Å²) in [6.07, 6.45) is 2.41. The number of nitrogens with one attached hydrogen (secondary N) is 1. The molecule has 1 amide bonds. The number of amides is 1. The minimum Gasteiger partial charge on any atom is -0.478 e. The summed E-state index contributed by atoms with van der Waals surface area (Å²) in [5.74, 6) is -0.339. The van der Waals surface area contributed by atoms with E-state index >= 15 is 0 Å². The molecule has 1 unspecified atom stereocenters. The van der Waals surface area contributed by atoms with E-state index in [1.807, 2.05) is 13.0 Å². The standard InChI is InChI=1S/C21H25N3O4/c1-3-18-22-13(2)17(20(26)23-18)11-19(25)24-9-5-8-16(12-24)14-6-4-7-15(10-14)21(27)28/h4,6-7,10,16H,3,5,8-9,11-12H2,1-2H3,(H,27,28)(H,22,23,26). The third kappa shape index (κ3) is 4.30. The average Bonchev–Trinajstić information content (AvgIpc) is 2.70. The number of carbonyl (C=O) groups is 2. The number of aromatic amines is 1. The van der Waals surface area contributed by atoms with Gasteiger partial charge < -0.3 is 15.0 Å². The van der Waals surface area contributed by atoms with Crippen molar-refractivity contribution in [2.45, 2.75) is 45.4 Å². The molecule has 2 heterocycles. The predicted molar refractivity (Wildman–Crippen MR) is 105 cm³/mol. The van der Waals surface area contributed by atoms with Gasteiger partial charge in [0.1, 0.15) is 5.82 Å². The highest BCUT2D eigenvalue weighted by Gasteiger charge is 2.26. The Hall–Kier alpha value is -2.96. The van der Waals surface area contributed by atoms with Crippen LogP contribution in [0.4, 0.5) is 0 Å². The minimum atomic E-state index is -0.955. The van der Waals surface area contributed by atoms with Crippen molar-refractivity contribution in [1.29, 1.82) is 0 Å². The SMILES string of the molecule is CCc1nc(C)c(CC(=O)N2CCCC(c3cccc(C(=O)O)c3)C2)c(=O)[nH]1. The number of benzene rings is 1. The Morgan fingerprint density at radius 3 is 2.82 bits per heavy atom. The number of aromatic nitrogens is 2. The lowest BCUT2D eigenvalue weighted by Crippen LogP contribution is -2.41. The van der Waals surface area contributed by atoms with Crippen LogP contribution in [0.2, 0.25) is 0 Å². The number of piperidine rings is 1. The summed E-state index contributed by atoms with van der Waals surface area (Å²) in [5, 5.41) is 9.20. The van der Waals surface area contributed by atoms with Gasteiger partial charge in [0.2, 0.25) is 5.91 Å². The van der Waals surface area contributed by atoms with E-state index in [9.17, 15) is 19.5 Å². The quantitative estimate of drug-likeness (QED) is 0.824. The highest BCUT2D eigenvalue weighted by molar-refractivity contribution is 5.87. The molecule has 3 rings (SSSR count). The third-order valence-corrected chi connectivity index (χ3v) is 5.31. The molecule has 148 valence electrons. The zero-order chi connectivity index (χ0) is 20.3. The normalized spacial score (nSPS) is 16.8. The van der Waals surface area contributed by atoms with Crippen molar-refractivity contribution < 1.29 is 14.7 Å². The molecule has 2 N–H and O–H groups in total. The summed E-state index contributed by atoms with van der Waals surface area (Å²) in [4.78, 5) is 45.2. The van der Waals surface area contributed by atoms with Crippen LogP contribution in [0.15, 0.2) is 29.1 Å². The minimum absolute atomic E-state index is 0.0278. The van der Waals surface area contributed by atoms with Gasteiger partial charge in [0, 0.05) is 36.7 Å². The fraction of sp³-hybridized carbons (Fsp3) is 0.429. The molecule has 1 fully saturated rings. The van der Waals surface area contributed by atoms with E-state index in [1.165, 1.54) is 0 Å². The topological polar surface area (TPSA) is 103 Å². The molecule has 1 atom stereocenters. The van der Waals surface area contributed by atoms with Gasteiger partial charge in [-0.05, 0) is 37.5 Å².